The van der Waals surface area contributed by atoms with Gasteiger partial charge < -0.3 is 10.2 Å². The van der Waals surface area contributed by atoms with E-state index in [1.807, 2.05) is 30.0 Å². The molecule has 1 saturated heterocycles. The van der Waals surface area contributed by atoms with E-state index in [4.69, 9.17) is 0 Å². The summed E-state index contributed by atoms with van der Waals surface area (Å²) in [7, 11) is 0. The molecule has 0 bridgehead atoms. The van der Waals surface area contributed by atoms with E-state index in [0.717, 1.165) is 42.6 Å². The molecule has 33 heavy (non-hydrogen) atoms. The number of aryl methyl sites for hydroxylation is 1. The van der Waals surface area contributed by atoms with Gasteiger partial charge in [-0.05, 0) is 74.1 Å². The number of fused-ring (bicyclic) bond motifs is 1. The van der Waals surface area contributed by atoms with Crippen LogP contribution in [0.25, 0.3) is 5.52 Å². The van der Waals surface area contributed by atoms with Crippen LogP contribution < -0.4 is 5.32 Å². The number of amides is 2. The van der Waals surface area contributed by atoms with Crippen LogP contribution in [0, 0.1) is 12.3 Å². The van der Waals surface area contributed by atoms with Crippen LogP contribution in [0.1, 0.15) is 51.4 Å². The van der Waals surface area contributed by atoms with E-state index in [0.29, 0.717) is 18.8 Å². The van der Waals surface area contributed by atoms with Crippen molar-refractivity contribution in [2.75, 3.05) is 13.1 Å². The number of carbonyl (C=O) groups excluding carboxylic acids is 2. The number of halogens is 3. The zero-order valence-electron chi connectivity index (χ0n) is 18.0. The van der Waals surface area contributed by atoms with Crippen molar-refractivity contribution in [3.63, 3.8) is 0 Å². The molecule has 2 aliphatic rings. The fourth-order valence-corrected chi connectivity index (χ4v) is 5.03. The van der Waals surface area contributed by atoms with Gasteiger partial charge in [0.1, 0.15) is 0 Å². The lowest BCUT2D eigenvalue weighted by Crippen LogP contribution is -2.52. The molecule has 9 heteroatoms. The van der Waals surface area contributed by atoms with Crippen molar-refractivity contribution in [1.82, 2.24) is 19.8 Å². The SMILES string of the molecule is Cc1cccc2cc(C(=O)N3CCC4(CC(NC(=O)c5ccc(C(F)(F)F)cc5)C4)C3)nn12. The summed E-state index contributed by atoms with van der Waals surface area (Å²) >= 11 is 0. The van der Waals surface area contributed by atoms with Gasteiger partial charge in [-0.2, -0.15) is 18.3 Å². The first-order chi connectivity index (χ1) is 15.6. The largest absolute Gasteiger partial charge is 0.416 e. The molecule has 3 heterocycles. The van der Waals surface area contributed by atoms with E-state index in [-0.39, 0.29) is 28.8 Å². The summed E-state index contributed by atoms with van der Waals surface area (Å²) in [5.41, 5.74) is 1.65. The minimum Gasteiger partial charge on any atom is -0.349 e. The maximum atomic E-state index is 13.0. The highest BCUT2D eigenvalue weighted by Crippen LogP contribution is 2.48. The Morgan fingerprint density at radius 3 is 2.52 bits per heavy atom. The van der Waals surface area contributed by atoms with E-state index >= 15 is 0 Å². The molecule has 172 valence electrons. The van der Waals surface area contributed by atoms with Gasteiger partial charge in [-0.15, -0.1) is 0 Å². The summed E-state index contributed by atoms with van der Waals surface area (Å²) in [6, 6.07) is 11.8. The van der Waals surface area contributed by atoms with E-state index in [1.54, 1.807) is 10.6 Å². The second kappa shape index (κ2) is 7.60. The molecule has 1 N–H and O–H groups in total. The third kappa shape index (κ3) is 3.96. The molecule has 1 aliphatic heterocycles. The van der Waals surface area contributed by atoms with Gasteiger partial charge in [0.05, 0.1) is 11.1 Å². The predicted molar refractivity (Wildman–Crippen MR) is 115 cm³/mol. The van der Waals surface area contributed by atoms with Gasteiger partial charge in [0.25, 0.3) is 11.8 Å². The normalized spacial score (nSPS) is 22.5. The molecule has 3 aromatic rings. The fraction of sp³-hybridized carbons (Fsp3) is 0.375. The molecule has 5 rings (SSSR count). The predicted octanol–water partition coefficient (Wildman–Crippen LogP) is 4.09. The molecule has 0 radical (unpaired) electrons. The number of rotatable bonds is 3. The van der Waals surface area contributed by atoms with Crippen LogP contribution in [-0.4, -0.2) is 45.5 Å². The van der Waals surface area contributed by atoms with Crippen LogP contribution in [-0.2, 0) is 6.18 Å². The van der Waals surface area contributed by atoms with Crippen LogP contribution in [0.15, 0.2) is 48.5 Å². The molecule has 0 atom stereocenters. The Hall–Kier alpha value is -3.36. The number of benzene rings is 1. The molecule has 2 aromatic heterocycles. The van der Waals surface area contributed by atoms with Crippen LogP contribution in [0.3, 0.4) is 0 Å². The first kappa shape index (κ1) is 21.5. The number of hydrogen-bond acceptors (Lipinski definition) is 3. The monoisotopic (exact) mass is 456 g/mol. The Balaban J connectivity index is 1.17. The Bertz CT molecular complexity index is 1230. The lowest BCUT2D eigenvalue weighted by molar-refractivity contribution is -0.137. The third-order valence-electron chi connectivity index (χ3n) is 6.79. The smallest absolute Gasteiger partial charge is 0.349 e. The van der Waals surface area contributed by atoms with Crippen LogP contribution in [0.4, 0.5) is 13.2 Å². The van der Waals surface area contributed by atoms with E-state index in [9.17, 15) is 22.8 Å². The zero-order valence-corrected chi connectivity index (χ0v) is 18.0. The van der Waals surface area contributed by atoms with E-state index < -0.39 is 11.7 Å². The fourth-order valence-electron chi connectivity index (χ4n) is 5.03. The summed E-state index contributed by atoms with van der Waals surface area (Å²) in [6.45, 7) is 3.20. The number of carbonyl (C=O) groups is 2. The maximum Gasteiger partial charge on any atom is 0.416 e. The molecule has 1 aromatic carbocycles. The highest BCUT2D eigenvalue weighted by molar-refractivity contribution is 5.95. The molecule has 2 amide bonds. The molecule has 1 spiro atoms. The summed E-state index contributed by atoms with van der Waals surface area (Å²) in [5, 5.41) is 7.36. The van der Waals surface area contributed by atoms with Crippen molar-refractivity contribution >= 4 is 17.3 Å². The second-order valence-electron chi connectivity index (χ2n) is 9.16. The minimum absolute atomic E-state index is 0.0250. The number of likely N-dealkylation sites (tertiary alicyclic amines) is 1. The average molecular weight is 456 g/mol. The second-order valence-corrected chi connectivity index (χ2v) is 9.16. The Morgan fingerprint density at radius 2 is 1.85 bits per heavy atom. The summed E-state index contributed by atoms with van der Waals surface area (Å²) in [5.74, 6) is -0.471. The average Bonchev–Trinajstić information content (AvgIpc) is 3.38. The van der Waals surface area contributed by atoms with Crippen molar-refractivity contribution in [2.24, 2.45) is 5.41 Å². The number of aromatic nitrogens is 2. The standard InChI is InChI=1S/C24H23F3N4O2/c1-15-3-2-4-19-11-20(29-31(15)19)22(33)30-10-9-23(14-30)12-18(13-23)28-21(32)16-5-7-17(8-6-16)24(25,26)27/h2-8,11,18H,9-10,12-14H2,1H3,(H,28,32). The van der Waals surface area contributed by atoms with Crippen molar-refractivity contribution in [1.29, 1.82) is 0 Å². The zero-order chi connectivity index (χ0) is 23.4. The first-order valence-electron chi connectivity index (χ1n) is 10.9. The number of nitrogens with one attached hydrogen (secondary N) is 1. The summed E-state index contributed by atoms with van der Waals surface area (Å²) in [4.78, 5) is 27.2. The lowest BCUT2D eigenvalue weighted by Gasteiger charge is -2.45. The van der Waals surface area contributed by atoms with Crippen molar-refractivity contribution in [3.05, 3.63) is 71.0 Å². The van der Waals surface area contributed by atoms with Gasteiger partial charge >= 0.3 is 6.18 Å². The molecule has 6 nitrogen and oxygen atoms in total. The van der Waals surface area contributed by atoms with Gasteiger partial charge in [-0.1, -0.05) is 6.07 Å². The highest BCUT2D eigenvalue weighted by atomic mass is 19.4. The number of alkyl halides is 3. The molecular weight excluding hydrogens is 433 g/mol. The number of nitrogens with zero attached hydrogens (tertiary/aromatic N) is 3. The van der Waals surface area contributed by atoms with E-state index in [1.165, 1.54) is 12.1 Å². The first-order valence-corrected chi connectivity index (χ1v) is 10.9. The Labute approximate surface area is 188 Å². The molecule has 0 unspecified atom stereocenters. The third-order valence-corrected chi connectivity index (χ3v) is 6.79. The number of pyridine rings is 1. The highest BCUT2D eigenvalue weighted by Gasteiger charge is 2.50. The molecule has 2 fully saturated rings. The van der Waals surface area contributed by atoms with Gasteiger partial charge in [0.2, 0.25) is 0 Å². The Morgan fingerprint density at radius 1 is 1.12 bits per heavy atom. The van der Waals surface area contributed by atoms with Crippen LogP contribution >= 0.6 is 0 Å². The lowest BCUT2D eigenvalue weighted by atomic mass is 9.65. The maximum absolute atomic E-state index is 13.0. The van der Waals surface area contributed by atoms with Gasteiger partial charge in [-0.25, -0.2) is 4.52 Å². The van der Waals surface area contributed by atoms with Crippen molar-refractivity contribution in [2.45, 2.75) is 38.4 Å². The van der Waals surface area contributed by atoms with Crippen molar-refractivity contribution in [3.8, 4) is 0 Å². The minimum atomic E-state index is -4.43. The van der Waals surface area contributed by atoms with Crippen LogP contribution in [0.2, 0.25) is 0 Å². The summed E-state index contributed by atoms with van der Waals surface area (Å²) in [6.07, 6.45) is -2.08. The number of hydrogen-bond donors (Lipinski definition) is 1. The molecule has 1 saturated carbocycles. The summed E-state index contributed by atoms with van der Waals surface area (Å²) < 4.78 is 39.9. The Kier molecular flexibility index (Phi) is 4.95. The van der Waals surface area contributed by atoms with Crippen LogP contribution in [0.5, 0.6) is 0 Å². The molecular formula is C24H23F3N4O2. The van der Waals surface area contributed by atoms with Crippen molar-refractivity contribution < 1.29 is 22.8 Å². The van der Waals surface area contributed by atoms with Gasteiger partial charge in [-0.3, -0.25) is 9.59 Å². The molecule has 1 aliphatic carbocycles. The quantitative estimate of drug-likeness (QED) is 0.646. The van der Waals surface area contributed by atoms with Gasteiger partial charge in [0, 0.05) is 30.4 Å². The van der Waals surface area contributed by atoms with Gasteiger partial charge in [0.15, 0.2) is 5.69 Å². The topological polar surface area (TPSA) is 66.7 Å². The van der Waals surface area contributed by atoms with E-state index in [2.05, 4.69) is 10.4 Å².